The normalized spacial score (nSPS) is 21.5. The Bertz CT molecular complexity index is 928. The minimum Gasteiger partial charge on any atom is -0.0688 e. The first-order valence-electron chi connectivity index (χ1n) is 11.0. The number of fused-ring (bicyclic) bond motifs is 2. The molecule has 0 aliphatic heterocycles. The number of hydrogen-bond donors (Lipinski definition) is 0. The molecule has 2 aliphatic rings. The standard InChI is InChI=1S/C27H36Si2/c1-27(2,23-17-19-13-9-11-15-21(19)25(23)28(3,4)5)24-18-20-14-10-12-16-22(20)26(24)29(6,7)8/h9-18,25-26H,1-8H3. The third-order valence-electron chi connectivity index (χ3n) is 7.03. The molecule has 0 radical (unpaired) electrons. The first-order valence-corrected chi connectivity index (χ1v) is 18.2. The largest absolute Gasteiger partial charge is 0.0688 e. The highest BCUT2D eigenvalue weighted by atomic mass is 28.3. The maximum absolute atomic E-state index is 2.54. The van der Waals surface area contributed by atoms with Crippen molar-refractivity contribution in [3.8, 4) is 0 Å². The third-order valence-corrected chi connectivity index (χ3v) is 11.7. The van der Waals surface area contributed by atoms with Gasteiger partial charge in [-0.2, -0.15) is 0 Å². The van der Waals surface area contributed by atoms with E-state index in [2.05, 4.69) is 114 Å². The zero-order chi connectivity index (χ0) is 21.2. The van der Waals surface area contributed by atoms with Gasteiger partial charge in [0.25, 0.3) is 0 Å². The Morgan fingerprint density at radius 3 is 1.28 bits per heavy atom. The van der Waals surface area contributed by atoms with E-state index in [0.717, 1.165) is 0 Å². The molecule has 152 valence electrons. The molecule has 0 N–H and O–H groups in total. The van der Waals surface area contributed by atoms with Gasteiger partial charge < -0.3 is 0 Å². The van der Waals surface area contributed by atoms with E-state index in [1.807, 2.05) is 0 Å². The quantitative estimate of drug-likeness (QED) is 0.441. The molecular weight excluding hydrogens is 380 g/mol. The van der Waals surface area contributed by atoms with Crippen LogP contribution in [0.3, 0.4) is 0 Å². The van der Waals surface area contributed by atoms with Crippen molar-refractivity contribution in [3.05, 3.63) is 81.9 Å². The van der Waals surface area contributed by atoms with E-state index < -0.39 is 16.1 Å². The van der Waals surface area contributed by atoms with Gasteiger partial charge in [-0.15, -0.1) is 0 Å². The molecule has 2 aliphatic carbocycles. The molecule has 0 aromatic heterocycles. The maximum atomic E-state index is 2.54. The molecule has 0 amide bonds. The molecule has 4 rings (SSSR count). The van der Waals surface area contributed by atoms with Crippen molar-refractivity contribution in [1.29, 1.82) is 0 Å². The van der Waals surface area contributed by atoms with Crippen molar-refractivity contribution >= 4 is 28.3 Å². The van der Waals surface area contributed by atoms with Gasteiger partial charge in [-0.1, -0.05) is 125 Å². The average molecular weight is 417 g/mol. The number of allylic oxidation sites excluding steroid dienone is 2. The molecule has 0 spiro atoms. The van der Waals surface area contributed by atoms with Gasteiger partial charge >= 0.3 is 0 Å². The van der Waals surface area contributed by atoms with Crippen LogP contribution >= 0.6 is 0 Å². The second kappa shape index (κ2) is 6.68. The van der Waals surface area contributed by atoms with Gasteiger partial charge in [-0.3, -0.25) is 0 Å². The van der Waals surface area contributed by atoms with Crippen LogP contribution in [0.25, 0.3) is 12.2 Å². The highest BCUT2D eigenvalue weighted by Crippen LogP contribution is 2.58. The number of rotatable bonds is 4. The molecule has 0 saturated carbocycles. The fourth-order valence-electron chi connectivity index (χ4n) is 5.76. The van der Waals surface area contributed by atoms with Crippen LogP contribution in [0.4, 0.5) is 0 Å². The van der Waals surface area contributed by atoms with Crippen LogP contribution in [-0.2, 0) is 0 Å². The Hall–Kier alpha value is -1.65. The van der Waals surface area contributed by atoms with Crippen LogP contribution in [-0.4, -0.2) is 16.1 Å². The second-order valence-corrected chi connectivity index (χ2v) is 22.3. The summed E-state index contributed by atoms with van der Waals surface area (Å²) in [6.07, 6.45) is 5.09. The summed E-state index contributed by atoms with van der Waals surface area (Å²) in [7, 11) is -2.86. The number of benzene rings is 2. The van der Waals surface area contributed by atoms with Crippen LogP contribution in [0.5, 0.6) is 0 Å². The highest BCUT2D eigenvalue weighted by molar-refractivity contribution is 6.79. The van der Waals surface area contributed by atoms with Crippen molar-refractivity contribution in [2.45, 2.75) is 64.2 Å². The van der Waals surface area contributed by atoms with Gasteiger partial charge in [-0.05, 0) is 22.3 Å². The van der Waals surface area contributed by atoms with Crippen LogP contribution in [0.1, 0.15) is 47.2 Å². The lowest BCUT2D eigenvalue weighted by Crippen LogP contribution is -2.39. The lowest BCUT2D eigenvalue weighted by Gasteiger charge is -2.42. The average Bonchev–Trinajstić information content (AvgIpc) is 3.20. The summed E-state index contributed by atoms with van der Waals surface area (Å²) in [6.45, 7) is 20.2. The highest BCUT2D eigenvalue weighted by Gasteiger charge is 2.48. The molecule has 0 nitrogen and oxygen atoms in total. The van der Waals surface area contributed by atoms with Crippen LogP contribution in [0.15, 0.2) is 59.7 Å². The summed E-state index contributed by atoms with van der Waals surface area (Å²) in [6, 6.07) is 18.2. The van der Waals surface area contributed by atoms with Crippen molar-refractivity contribution in [2.24, 2.45) is 5.41 Å². The van der Waals surface area contributed by atoms with Crippen molar-refractivity contribution in [3.63, 3.8) is 0 Å². The summed E-state index contributed by atoms with van der Waals surface area (Å²) in [4.78, 5) is 0. The summed E-state index contributed by atoms with van der Waals surface area (Å²) in [5, 5.41) is 0. The molecule has 0 heterocycles. The smallest absolute Gasteiger partial charge is 0.0570 e. The molecule has 29 heavy (non-hydrogen) atoms. The van der Waals surface area contributed by atoms with E-state index in [0.29, 0.717) is 11.1 Å². The van der Waals surface area contributed by atoms with Gasteiger partial charge in [0.05, 0.1) is 16.1 Å². The SMILES string of the molecule is CC(C)(C1=Cc2ccccc2C1[Si](C)(C)C)C1=Cc2ccccc2C1[Si](C)(C)C. The predicted octanol–water partition coefficient (Wildman–Crippen LogP) is 8.13. The first kappa shape index (κ1) is 20.6. The summed E-state index contributed by atoms with van der Waals surface area (Å²) < 4.78 is 0. The van der Waals surface area contributed by atoms with Gasteiger partial charge in [0.1, 0.15) is 0 Å². The van der Waals surface area contributed by atoms with E-state index in [9.17, 15) is 0 Å². The second-order valence-electron chi connectivity index (χ2n) is 11.7. The zero-order valence-electron chi connectivity index (χ0n) is 19.4. The third kappa shape index (κ3) is 3.35. The Balaban J connectivity index is 1.87. The van der Waals surface area contributed by atoms with Gasteiger partial charge in [-0.25, -0.2) is 0 Å². The van der Waals surface area contributed by atoms with Crippen LogP contribution < -0.4 is 0 Å². The van der Waals surface area contributed by atoms with E-state index in [-0.39, 0.29) is 5.41 Å². The van der Waals surface area contributed by atoms with E-state index in [1.165, 1.54) is 11.1 Å². The molecule has 2 aromatic carbocycles. The van der Waals surface area contributed by atoms with Crippen molar-refractivity contribution in [2.75, 3.05) is 0 Å². The topological polar surface area (TPSA) is 0 Å². The van der Waals surface area contributed by atoms with Crippen LogP contribution in [0.2, 0.25) is 39.3 Å². The molecule has 2 atom stereocenters. The monoisotopic (exact) mass is 416 g/mol. The first-order chi connectivity index (χ1) is 13.4. The maximum Gasteiger partial charge on any atom is 0.0570 e. The minimum atomic E-state index is -1.43. The van der Waals surface area contributed by atoms with Gasteiger partial charge in [0.15, 0.2) is 0 Å². The molecule has 0 bridgehead atoms. The van der Waals surface area contributed by atoms with Crippen LogP contribution in [0, 0.1) is 5.41 Å². The van der Waals surface area contributed by atoms with Gasteiger partial charge in [0, 0.05) is 16.5 Å². The predicted molar refractivity (Wildman–Crippen MR) is 135 cm³/mol. The number of hydrogen-bond acceptors (Lipinski definition) is 0. The Morgan fingerprint density at radius 1 is 0.586 bits per heavy atom. The summed E-state index contributed by atoms with van der Waals surface area (Å²) >= 11 is 0. The van der Waals surface area contributed by atoms with Crippen molar-refractivity contribution in [1.82, 2.24) is 0 Å². The van der Waals surface area contributed by atoms with E-state index >= 15 is 0 Å². The van der Waals surface area contributed by atoms with Gasteiger partial charge in [0.2, 0.25) is 0 Å². The fraction of sp³-hybridized carbons (Fsp3) is 0.407. The summed E-state index contributed by atoms with van der Waals surface area (Å²) in [5.74, 6) is 0. The lowest BCUT2D eigenvalue weighted by atomic mass is 9.75. The summed E-state index contributed by atoms with van der Waals surface area (Å²) in [5.41, 5.74) is 10.6. The Morgan fingerprint density at radius 2 is 0.931 bits per heavy atom. The minimum absolute atomic E-state index is 0.0634. The Labute approximate surface area is 179 Å². The van der Waals surface area contributed by atoms with E-state index in [1.54, 1.807) is 22.3 Å². The molecule has 0 saturated heterocycles. The molecule has 2 aromatic rings. The molecule has 0 fully saturated rings. The van der Waals surface area contributed by atoms with E-state index in [4.69, 9.17) is 0 Å². The Kier molecular flexibility index (Phi) is 4.75. The molecule has 2 heteroatoms. The zero-order valence-corrected chi connectivity index (χ0v) is 21.4. The van der Waals surface area contributed by atoms with Crippen molar-refractivity contribution < 1.29 is 0 Å². The molecular formula is C27H36Si2. The molecule has 2 unspecified atom stereocenters. The fourth-order valence-corrected chi connectivity index (χ4v) is 10.9. The lowest BCUT2D eigenvalue weighted by molar-refractivity contribution is 0.512.